The van der Waals surface area contributed by atoms with Crippen LogP contribution in [0.25, 0.3) is 10.9 Å². The number of amides is 1. The molecule has 1 aliphatic carbocycles. The number of sulfonamides is 1. The Balaban J connectivity index is 1.22. The molecular formula is C24H24N6O5S. The highest BCUT2D eigenvalue weighted by molar-refractivity contribution is 7.88. The Hall–Kier alpha value is -3.77. The van der Waals surface area contributed by atoms with Crippen molar-refractivity contribution in [3.05, 3.63) is 59.9 Å². The lowest BCUT2D eigenvalue weighted by molar-refractivity contribution is 0.254. The van der Waals surface area contributed by atoms with Crippen LogP contribution in [0.1, 0.15) is 42.7 Å². The van der Waals surface area contributed by atoms with Crippen molar-refractivity contribution >= 4 is 32.8 Å². The van der Waals surface area contributed by atoms with Crippen molar-refractivity contribution in [3.63, 3.8) is 0 Å². The maximum atomic E-state index is 12.8. The Morgan fingerprint density at radius 3 is 2.81 bits per heavy atom. The molecular weight excluding hydrogens is 484 g/mol. The molecule has 36 heavy (non-hydrogen) atoms. The summed E-state index contributed by atoms with van der Waals surface area (Å²) in [5.41, 5.74) is 2.12. The fourth-order valence-electron chi connectivity index (χ4n) is 4.56. The van der Waals surface area contributed by atoms with Crippen LogP contribution in [-0.4, -0.2) is 50.7 Å². The number of rotatable bonds is 5. The summed E-state index contributed by atoms with van der Waals surface area (Å²) in [5.74, 6) is 2.55. The molecule has 4 heterocycles. The highest BCUT2D eigenvalue weighted by Gasteiger charge is 2.32. The van der Waals surface area contributed by atoms with Crippen molar-refractivity contribution in [2.24, 2.45) is 0 Å². The van der Waals surface area contributed by atoms with Gasteiger partial charge in [-0.05, 0) is 50.5 Å². The smallest absolute Gasteiger partial charge is 0.331 e. The second-order valence-electron chi connectivity index (χ2n) is 9.29. The number of aromatic nitrogens is 4. The molecule has 11 nitrogen and oxygen atoms in total. The maximum absolute atomic E-state index is 12.8. The van der Waals surface area contributed by atoms with Crippen LogP contribution >= 0.6 is 0 Å². The molecule has 186 valence electrons. The number of carbonyl (C=O) groups excluding carboxylic acids is 1. The van der Waals surface area contributed by atoms with E-state index in [9.17, 15) is 13.2 Å². The van der Waals surface area contributed by atoms with Crippen molar-refractivity contribution in [2.75, 3.05) is 11.6 Å². The Labute approximate surface area is 207 Å². The van der Waals surface area contributed by atoms with Crippen LogP contribution in [0.2, 0.25) is 0 Å². The fraction of sp³-hybridized carbons (Fsp3) is 0.333. The van der Waals surface area contributed by atoms with Gasteiger partial charge in [0.2, 0.25) is 15.9 Å². The first-order chi connectivity index (χ1) is 17.3. The Morgan fingerprint density at radius 1 is 1.19 bits per heavy atom. The summed E-state index contributed by atoms with van der Waals surface area (Å²) in [6, 6.07) is 8.39. The Bertz CT molecular complexity index is 1590. The highest BCUT2D eigenvalue weighted by atomic mass is 32.2. The molecule has 0 saturated heterocycles. The van der Waals surface area contributed by atoms with Crippen molar-refractivity contribution < 1.29 is 22.5 Å². The number of hydrogen-bond acceptors (Lipinski definition) is 8. The van der Waals surface area contributed by atoms with E-state index < -0.39 is 10.0 Å². The van der Waals surface area contributed by atoms with Gasteiger partial charge in [0, 0.05) is 35.2 Å². The molecule has 6 rings (SSSR count). The molecule has 1 aromatic carbocycles. The minimum atomic E-state index is -3.35. The number of carbonyl (C=O) groups is 1. The van der Waals surface area contributed by atoms with Crippen LogP contribution in [0.5, 0.6) is 11.6 Å². The topological polar surface area (TPSA) is 132 Å². The van der Waals surface area contributed by atoms with Gasteiger partial charge in [0.15, 0.2) is 5.82 Å². The maximum Gasteiger partial charge on any atom is 0.331 e. The van der Waals surface area contributed by atoms with Crippen LogP contribution in [0.3, 0.4) is 0 Å². The monoisotopic (exact) mass is 508 g/mol. The van der Waals surface area contributed by atoms with E-state index in [1.54, 1.807) is 24.4 Å². The summed E-state index contributed by atoms with van der Waals surface area (Å²) in [6.45, 7) is 2.03. The van der Waals surface area contributed by atoms with Crippen molar-refractivity contribution in [1.29, 1.82) is 0 Å². The Morgan fingerprint density at radius 2 is 2.03 bits per heavy atom. The van der Waals surface area contributed by atoms with E-state index in [1.807, 2.05) is 19.1 Å². The molecule has 1 unspecified atom stereocenters. The third-order valence-corrected chi connectivity index (χ3v) is 7.90. The zero-order chi connectivity index (χ0) is 25.0. The largest absolute Gasteiger partial charge is 0.439 e. The van der Waals surface area contributed by atoms with E-state index in [0.29, 0.717) is 41.0 Å². The van der Waals surface area contributed by atoms with Crippen LogP contribution < -0.4 is 10.1 Å². The lowest BCUT2D eigenvalue weighted by Gasteiger charge is -2.32. The fourth-order valence-corrected chi connectivity index (χ4v) is 5.64. The number of nitrogens with one attached hydrogen (secondary N) is 1. The molecule has 1 amide bonds. The van der Waals surface area contributed by atoms with E-state index in [2.05, 4.69) is 20.4 Å². The predicted molar refractivity (Wildman–Crippen MR) is 130 cm³/mol. The van der Waals surface area contributed by atoms with Crippen molar-refractivity contribution in [2.45, 2.75) is 44.7 Å². The molecule has 1 atom stereocenters. The molecule has 12 heteroatoms. The summed E-state index contributed by atoms with van der Waals surface area (Å²) < 4.78 is 38.5. The van der Waals surface area contributed by atoms with E-state index in [4.69, 9.17) is 9.26 Å². The number of nitrogens with zero attached hydrogens (tertiary/aromatic N) is 5. The first-order valence-corrected chi connectivity index (χ1v) is 13.5. The second-order valence-corrected chi connectivity index (χ2v) is 11.2. The minimum Gasteiger partial charge on any atom is -0.439 e. The number of anilines is 1. The second kappa shape index (κ2) is 8.42. The van der Waals surface area contributed by atoms with E-state index in [1.165, 1.54) is 21.5 Å². The van der Waals surface area contributed by atoms with Gasteiger partial charge in [0.05, 0.1) is 24.0 Å². The van der Waals surface area contributed by atoms with Crippen LogP contribution in [0, 0.1) is 0 Å². The van der Waals surface area contributed by atoms with Gasteiger partial charge < -0.3 is 9.26 Å². The highest BCUT2D eigenvalue weighted by Crippen LogP contribution is 2.40. The number of benzene rings is 1. The van der Waals surface area contributed by atoms with Gasteiger partial charge in [-0.1, -0.05) is 5.16 Å². The van der Waals surface area contributed by atoms with Gasteiger partial charge >= 0.3 is 6.03 Å². The first-order valence-electron chi connectivity index (χ1n) is 11.6. The first kappa shape index (κ1) is 22.7. The van der Waals surface area contributed by atoms with Crippen molar-refractivity contribution in [1.82, 2.24) is 24.0 Å². The third-order valence-electron chi connectivity index (χ3n) is 6.56. The lowest BCUT2D eigenvalue weighted by Crippen LogP contribution is -2.42. The summed E-state index contributed by atoms with van der Waals surface area (Å²) >= 11 is 0. The molecule has 1 saturated carbocycles. The molecule has 3 aromatic heterocycles. The molecule has 0 spiro atoms. The summed E-state index contributed by atoms with van der Waals surface area (Å²) in [6.07, 6.45) is 6.88. The van der Waals surface area contributed by atoms with Gasteiger partial charge in [-0.3, -0.25) is 9.88 Å². The summed E-state index contributed by atoms with van der Waals surface area (Å²) in [7, 11) is -3.35. The average molecular weight is 509 g/mol. The SMILES string of the molecule is CC1Cc2c(ncnc2Oc2ccc3c(ccn3C(=O)Nc3cc(C4CC4)on3)c2)CN1S(C)(=O)=O. The molecule has 1 N–H and O–H groups in total. The zero-order valence-electron chi connectivity index (χ0n) is 19.7. The van der Waals surface area contributed by atoms with Crippen LogP contribution in [0.4, 0.5) is 10.6 Å². The summed E-state index contributed by atoms with van der Waals surface area (Å²) in [5, 5.41) is 7.52. The average Bonchev–Trinajstić information content (AvgIpc) is 3.43. The minimum absolute atomic E-state index is 0.179. The normalized spacial score (nSPS) is 18.2. The molecule has 0 radical (unpaired) electrons. The van der Waals surface area contributed by atoms with Crippen molar-refractivity contribution in [3.8, 4) is 11.6 Å². The molecule has 1 fully saturated rings. The van der Waals surface area contributed by atoms with Crippen LogP contribution in [-0.2, 0) is 23.0 Å². The van der Waals surface area contributed by atoms with Gasteiger partial charge in [-0.15, -0.1) is 0 Å². The molecule has 4 aromatic rings. The quantitative estimate of drug-likeness (QED) is 0.430. The van der Waals surface area contributed by atoms with E-state index in [0.717, 1.165) is 29.6 Å². The predicted octanol–water partition coefficient (Wildman–Crippen LogP) is 3.88. The lowest BCUT2D eigenvalue weighted by atomic mass is 10.0. The van der Waals surface area contributed by atoms with Gasteiger partial charge in [0.25, 0.3) is 0 Å². The van der Waals surface area contributed by atoms with Gasteiger partial charge in [-0.25, -0.2) is 23.2 Å². The Kier molecular flexibility index (Phi) is 5.30. The van der Waals surface area contributed by atoms with Crippen LogP contribution in [0.15, 0.2) is 47.4 Å². The number of fused-ring (bicyclic) bond motifs is 2. The number of ether oxygens (including phenoxy) is 1. The molecule has 2 aliphatic rings. The molecule has 0 bridgehead atoms. The molecule has 1 aliphatic heterocycles. The van der Waals surface area contributed by atoms with E-state index in [-0.39, 0.29) is 18.6 Å². The zero-order valence-corrected chi connectivity index (χ0v) is 20.5. The van der Waals surface area contributed by atoms with Gasteiger partial charge in [-0.2, -0.15) is 4.31 Å². The van der Waals surface area contributed by atoms with Gasteiger partial charge in [0.1, 0.15) is 17.8 Å². The summed E-state index contributed by atoms with van der Waals surface area (Å²) in [4.78, 5) is 21.4. The standard InChI is InChI=1S/C24H24N6O5S/c1-14-9-18-19(12-30(14)36(2,32)33)25-13-26-23(18)34-17-5-6-20-16(10-17)7-8-29(20)24(31)27-22-11-21(35-28-22)15-3-4-15/h5-8,10-11,13-15H,3-4,9,12H2,1-2H3,(H,27,28,31). The number of hydrogen-bond donors (Lipinski definition) is 1. The third kappa shape index (κ3) is 4.22. The van der Waals surface area contributed by atoms with E-state index >= 15 is 0 Å².